The van der Waals surface area contributed by atoms with E-state index >= 15 is 0 Å². The van der Waals surface area contributed by atoms with Crippen LogP contribution < -0.4 is 18.9 Å². The first-order valence-electron chi connectivity index (χ1n) is 11.3. The van der Waals surface area contributed by atoms with E-state index in [1.807, 2.05) is 24.3 Å². The summed E-state index contributed by atoms with van der Waals surface area (Å²) in [7, 11) is 6.64. The fraction of sp³-hybridized carbons (Fsp3) is 0.286. The topological polar surface area (TPSA) is 60.4 Å². The van der Waals surface area contributed by atoms with E-state index in [0.717, 1.165) is 46.6 Å². The van der Waals surface area contributed by atoms with E-state index < -0.39 is 0 Å². The summed E-state index contributed by atoms with van der Waals surface area (Å²) >= 11 is 0. The minimum absolute atomic E-state index is 0.333. The molecule has 0 spiro atoms. The van der Waals surface area contributed by atoms with Crippen LogP contribution in [0.3, 0.4) is 0 Å². The number of hydrogen-bond donors (Lipinski definition) is 1. The van der Waals surface area contributed by atoms with E-state index in [0.29, 0.717) is 35.3 Å². The summed E-state index contributed by atoms with van der Waals surface area (Å²) < 4.78 is 22.5. The Kier molecular flexibility index (Phi) is 5.84. The van der Waals surface area contributed by atoms with Gasteiger partial charge in [0.05, 0.1) is 28.4 Å². The number of aromatic hydroxyl groups is 1. The Bertz CT molecular complexity index is 1380. The lowest BCUT2D eigenvalue weighted by atomic mass is 9.87. The number of fused-ring (bicyclic) bond motifs is 6. The Morgan fingerprint density at radius 3 is 1.74 bits per heavy atom. The van der Waals surface area contributed by atoms with Gasteiger partial charge in [-0.25, -0.2) is 0 Å². The number of methoxy groups -OCH3 is 4. The molecule has 176 valence electrons. The largest absolute Gasteiger partial charge is 0.508 e. The smallest absolute Gasteiger partial charge is 0.161 e. The predicted octanol–water partition coefficient (Wildman–Crippen LogP) is 5.29. The molecule has 0 radical (unpaired) electrons. The molecule has 4 aromatic rings. The molecule has 6 heteroatoms. The average molecular weight is 460 g/mol. The van der Waals surface area contributed by atoms with Crippen LogP contribution in [0.5, 0.6) is 28.7 Å². The minimum atomic E-state index is 0.333. The maximum absolute atomic E-state index is 10.3. The Balaban J connectivity index is 1.73. The quantitative estimate of drug-likeness (QED) is 0.395. The summed E-state index contributed by atoms with van der Waals surface area (Å²) in [6, 6.07) is 15.8. The van der Waals surface area contributed by atoms with Crippen LogP contribution in [0.15, 0.2) is 48.5 Å². The molecule has 0 saturated carbocycles. The van der Waals surface area contributed by atoms with Gasteiger partial charge in [-0.15, -0.1) is 0 Å². The zero-order valence-electron chi connectivity index (χ0n) is 20.0. The summed E-state index contributed by atoms with van der Waals surface area (Å²) in [5, 5.41) is 14.8. The van der Waals surface area contributed by atoms with Gasteiger partial charge in [-0.1, -0.05) is 18.2 Å². The van der Waals surface area contributed by atoms with Crippen molar-refractivity contribution in [2.24, 2.45) is 0 Å². The van der Waals surface area contributed by atoms with Crippen LogP contribution in [-0.4, -0.2) is 45.0 Å². The maximum Gasteiger partial charge on any atom is 0.161 e. The van der Waals surface area contributed by atoms with Gasteiger partial charge in [-0.2, -0.15) is 0 Å². The van der Waals surface area contributed by atoms with Crippen molar-refractivity contribution in [3.63, 3.8) is 0 Å². The number of benzene rings is 4. The molecule has 0 unspecified atom stereocenters. The zero-order valence-corrected chi connectivity index (χ0v) is 20.0. The average Bonchev–Trinajstić information content (AvgIpc) is 2.88. The first kappa shape index (κ1) is 22.2. The first-order valence-corrected chi connectivity index (χ1v) is 11.3. The van der Waals surface area contributed by atoms with Gasteiger partial charge in [0.1, 0.15) is 5.75 Å². The summed E-state index contributed by atoms with van der Waals surface area (Å²) in [5.74, 6) is 3.14. The van der Waals surface area contributed by atoms with Crippen LogP contribution in [-0.2, 0) is 19.5 Å². The highest BCUT2D eigenvalue weighted by molar-refractivity contribution is 6.12. The molecule has 1 N–H and O–H groups in total. The summed E-state index contributed by atoms with van der Waals surface area (Å²) in [4.78, 5) is 2.38. The van der Waals surface area contributed by atoms with Crippen molar-refractivity contribution in [3.05, 3.63) is 65.2 Å². The van der Waals surface area contributed by atoms with Crippen molar-refractivity contribution in [2.75, 3.05) is 35.0 Å². The number of rotatable bonds is 6. The molecule has 0 amide bonds. The highest BCUT2D eigenvalue weighted by Gasteiger charge is 2.25. The SMILES string of the molecule is COc1cc2c3c(c4cc(OC)c(OC)cc4c2cc1OC)CN(Cc1ccccc1O)CC3. The van der Waals surface area contributed by atoms with Crippen molar-refractivity contribution in [3.8, 4) is 28.7 Å². The van der Waals surface area contributed by atoms with Gasteiger partial charge in [-0.3, -0.25) is 4.90 Å². The molecule has 0 atom stereocenters. The molecule has 4 aromatic carbocycles. The second-order valence-electron chi connectivity index (χ2n) is 8.55. The monoisotopic (exact) mass is 459 g/mol. The predicted molar refractivity (Wildman–Crippen MR) is 134 cm³/mol. The van der Waals surface area contributed by atoms with E-state index in [2.05, 4.69) is 23.1 Å². The number of hydrogen-bond acceptors (Lipinski definition) is 6. The van der Waals surface area contributed by atoms with Gasteiger partial charge in [0.2, 0.25) is 0 Å². The minimum Gasteiger partial charge on any atom is -0.508 e. The third-order valence-corrected chi connectivity index (χ3v) is 6.80. The Hall–Kier alpha value is -3.64. The maximum atomic E-state index is 10.3. The third-order valence-electron chi connectivity index (χ3n) is 6.80. The summed E-state index contributed by atoms with van der Waals surface area (Å²) in [5.41, 5.74) is 3.50. The van der Waals surface area contributed by atoms with Crippen LogP contribution >= 0.6 is 0 Å². The number of ether oxygens (including phenoxy) is 4. The lowest BCUT2D eigenvalue weighted by Gasteiger charge is -2.31. The van der Waals surface area contributed by atoms with E-state index in [-0.39, 0.29) is 0 Å². The molecular weight excluding hydrogens is 430 g/mol. The first-order chi connectivity index (χ1) is 16.6. The number of phenolic OH excluding ortho intramolecular Hbond substituents is 1. The molecule has 1 aliphatic heterocycles. The molecule has 6 nitrogen and oxygen atoms in total. The van der Waals surface area contributed by atoms with E-state index in [1.54, 1.807) is 34.5 Å². The standard InChI is InChI=1S/C28H29NO5/c1-31-25-11-19-18-9-10-29(15-17-7-5-6-8-24(17)30)16-23(18)22-14-28(34-4)27(33-3)13-21(22)20(19)12-26(25)32-2/h5-8,11-14,30H,9-10,15-16H2,1-4H3. The second-order valence-corrected chi connectivity index (χ2v) is 8.55. The number of para-hydroxylation sites is 1. The molecule has 0 aliphatic carbocycles. The molecule has 0 fully saturated rings. The summed E-state index contributed by atoms with van der Waals surface area (Å²) in [6.07, 6.45) is 0.888. The van der Waals surface area contributed by atoms with Crippen molar-refractivity contribution < 1.29 is 24.1 Å². The van der Waals surface area contributed by atoms with Crippen LogP contribution in [0.1, 0.15) is 16.7 Å². The lowest BCUT2D eigenvalue weighted by Crippen LogP contribution is -2.30. The van der Waals surface area contributed by atoms with Crippen LogP contribution in [0, 0.1) is 0 Å². The van der Waals surface area contributed by atoms with Gasteiger partial charge in [0, 0.05) is 25.2 Å². The molecule has 5 rings (SSSR count). The van der Waals surface area contributed by atoms with Gasteiger partial charge in [0.25, 0.3) is 0 Å². The van der Waals surface area contributed by atoms with E-state index in [1.165, 1.54) is 11.1 Å². The Labute approximate surface area is 199 Å². The Morgan fingerprint density at radius 2 is 1.21 bits per heavy atom. The van der Waals surface area contributed by atoms with Gasteiger partial charge in [0.15, 0.2) is 23.0 Å². The zero-order chi connectivity index (χ0) is 23.8. The molecular formula is C28H29NO5. The van der Waals surface area contributed by atoms with Crippen LogP contribution in [0.25, 0.3) is 21.5 Å². The van der Waals surface area contributed by atoms with Crippen LogP contribution in [0.2, 0.25) is 0 Å². The fourth-order valence-electron chi connectivity index (χ4n) is 5.09. The van der Waals surface area contributed by atoms with Crippen molar-refractivity contribution >= 4 is 21.5 Å². The van der Waals surface area contributed by atoms with Crippen molar-refractivity contribution in [2.45, 2.75) is 19.5 Å². The van der Waals surface area contributed by atoms with Crippen molar-refractivity contribution in [1.29, 1.82) is 0 Å². The van der Waals surface area contributed by atoms with Crippen LogP contribution in [0.4, 0.5) is 0 Å². The van der Waals surface area contributed by atoms with Gasteiger partial charge in [-0.05, 0) is 69.4 Å². The molecule has 0 bridgehead atoms. The molecule has 1 heterocycles. The normalized spacial score (nSPS) is 13.6. The van der Waals surface area contributed by atoms with E-state index in [4.69, 9.17) is 18.9 Å². The molecule has 0 saturated heterocycles. The molecule has 0 aromatic heterocycles. The second kappa shape index (κ2) is 8.95. The highest BCUT2D eigenvalue weighted by atomic mass is 16.5. The fourth-order valence-corrected chi connectivity index (χ4v) is 5.09. The molecule has 34 heavy (non-hydrogen) atoms. The molecule has 1 aliphatic rings. The van der Waals surface area contributed by atoms with E-state index in [9.17, 15) is 5.11 Å². The van der Waals surface area contributed by atoms with Crippen molar-refractivity contribution in [1.82, 2.24) is 4.90 Å². The Morgan fingerprint density at radius 1 is 0.706 bits per heavy atom. The van der Waals surface area contributed by atoms with Gasteiger partial charge < -0.3 is 24.1 Å². The van der Waals surface area contributed by atoms with Gasteiger partial charge >= 0.3 is 0 Å². The number of nitrogens with zero attached hydrogens (tertiary/aromatic N) is 1. The highest BCUT2D eigenvalue weighted by Crippen LogP contribution is 2.44. The summed E-state index contributed by atoms with van der Waals surface area (Å²) in [6.45, 7) is 2.34. The lowest BCUT2D eigenvalue weighted by molar-refractivity contribution is 0.244. The number of phenols is 1. The third kappa shape index (κ3) is 3.64.